The topological polar surface area (TPSA) is 96.1 Å². The van der Waals surface area contributed by atoms with Crippen LogP contribution in [0.1, 0.15) is 31.9 Å². The number of hydrogen-bond donors (Lipinski definition) is 3. The molecule has 0 aliphatic carbocycles. The molecule has 3 aromatic rings. The third-order valence-corrected chi connectivity index (χ3v) is 4.22. The first-order chi connectivity index (χ1) is 13.3. The van der Waals surface area contributed by atoms with Crippen molar-refractivity contribution >= 4 is 45.9 Å². The zero-order chi connectivity index (χ0) is 19.9. The van der Waals surface area contributed by atoms with Crippen LogP contribution < -0.4 is 10.6 Å². The van der Waals surface area contributed by atoms with Gasteiger partial charge >= 0.3 is 6.09 Å². The molecule has 2 amide bonds. The fraction of sp³-hybridized carbons (Fsp3) is 0.190. The van der Waals surface area contributed by atoms with E-state index in [-0.39, 0.29) is 5.91 Å². The molecule has 142 valence electrons. The second kappa shape index (κ2) is 6.53. The Morgan fingerprint density at radius 1 is 1.18 bits per heavy atom. The summed E-state index contributed by atoms with van der Waals surface area (Å²) in [4.78, 5) is 24.4. The van der Waals surface area contributed by atoms with Gasteiger partial charge in [0.25, 0.3) is 5.91 Å². The maximum Gasteiger partial charge on any atom is 0.412 e. The van der Waals surface area contributed by atoms with Gasteiger partial charge in [-0.3, -0.25) is 15.2 Å². The molecule has 0 radical (unpaired) electrons. The Morgan fingerprint density at radius 2 is 2.00 bits per heavy atom. The van der Waals surface area contributed by atoms with E-state index in [1.165, 1.54) is 0 Å². The quantitative estimate of drug-likeness (QED) is 0.578. The van der Waals surface area contributed by atoms with Crippen LogP contribution in [0, 0.1) is 0 Å². The maximum absolute atomic E-state index is 12.5. The number of carbonyl (C=O) groups is 2. The summed E-state index contributed by atoms with van der Waals surface area (Å²) in [6.45, 7) is 5.40. The number of nitrogens with one attached hydrogen (secondary N) is 3. The van der Waals surface area contributed by atoms with E-state index in [1.54, 1.807) is 45.2 Å². The number of nitrogens with zero attached hydrogens (tertiary/aromatic N) is 1. The maximum atomic E-state index is 12.5. The van der Waals surface area contributed by atoms with Crippen LogP contribution in [-0.4, -0.2) is 27.8 Å². The Hall–Kier alpha value is -3.61. The summed E-state index contributed by atoms with van der Waals surface area (Å²) in [5, 5.41) is 13.5. The Labute approximate surface area is 161 Å². The molecule has 0 spiro atoms. The number of carbonyl (C=O) groups excluding carboxylic acids is 2. The normalized spacial score (nSPS) is 14.8. The largest absolute Gasteiger partial charge is 0.444 e. The number of hydrogen-bond acceptors (Lipinski definition) is 4. The second-order valence-electron chi connectivity index (χ2n) is 7.62. The molecule has 1 aliphatic rings. The van der Waals surface area contributed by atoms with Gasteiger partial charge in [0.05, 0.1) is 17.4 Å². The fourth-order valence-corrected chi connectivity index (χ4v) is 3.05. The van der Waals surface area contributed by atoms with E-state index < -0.39 is 11.7 Å². The van der Waals surface area contributed by atoms with Crippen LogP contribution in [-0.2, 0) is 9.53 Å². The number of amides is 2. The minimum atomic E-state index is -0.583. The molecule has 7 nitrogen and oxygen atoms in total. The molecule has 28 heavy (non-hydrogen) atoms. The molecule has 7 heteroatoms. The molecule has 0 saturated heterocycles. The molecule has 0 unspecified atom stereocenters. The van der Waals surface area contributed by atoms with Gasteiger partial charge < -0.3 is 10.1 Å². The Morgan fingerprint density at radius 3 is 2.79 bits per heavy atom. The molecule has 0 bridgehead atoms. The van der Waals surface area contributed by atoms with Crippen LogP contribution in [0.3, 0.4) is 0 Å². The molecule has 2 heterocycles. The van der Waals surface area contributed by atoms with E-state index in [0.29, 0.717) is 16.9 Å². The highest BCUT2D eigenvalue weighted by molar-refractivity contribution is 6.35. The highest BCUT2D eigenvalue weighted by atomic mass is 16.6. The smallest absolute Gasteiger partial charge is 0.412 e. The summed E-state index contributed by atoms with van der Waals surface area (Å²) < 4.78 is 5.25. The van der Waals surface area contributed by atoms with Crippen molar-refractivity contribution in [2.24, 2.45) is 0 Å². The highest BCUT2D eigenvalue weighted by Gasteiger charge is 2.25. The monoisotopic (exact) mass is 376 g/mol. The Kier molecular flexibility index (Phi) is 4.15. The molecule has 0 saturated carbocycles. The lowest BCUT2D eigenvalue weighted by atomic mass is 10.0. The minimum Gasteiger partial charge on any atom is -0.444 e. The van der Waals surface area contributed by atoms with Crippen LogP contribution in [0.2, 0.25) is 0 Å². The third kappa shape index (κ3) is 3.59. The van der Waals surface area contributed by atoms with Crippen LogP contribution in [0.15, 0.2) is 42.6 Å². The van der Waals surface area contributed by atoms with Crippen LogP contribution in [0.5, 0.6) is 0 Å². The summed E-state index contributed by atoms with van der Waals surface area (Å²) in [5.41, 5.74) is 3.76. The van der Waals surface area contributed by atoms with Gasteiger partial charge in [-0.2, -0.15) is 5.10 Å². The van der Waals surface area contributed by atoms with Gasteiger partial charge in [-0.15, -0.1) is 0 Å². The zero-order valence-corrected chi connectivity index (χ0v) is 15.8. The van der Waals surface area contributed by atoms with Crippen molar-refractivity contribution in [2.45, 2.75) is 26.4 Å². The van der Waals surface area contributed by atoms with Gasteiger partial charge in [-0.05, 0) is 50.6 Å². The average molecular weight is 376 g/mol. The number of anilines is 2. The van der Waals surface area contributed by atoms with E-state index >= 15 is 0 Å². The first-order valence-corrected chi connectivity index (χ1v) is 8.89. The van der Waals surface area contributed by atoms with Gasteiger partial charge in [0.15, 0.2) is 0 Å². The fourth-order valence-electron chi connectivity index (χ4n) is 3.05. The Bertz CT molecular complexity index is 1120. The van der Waals surface area contributed by atoms with Gasteiger partial charge in [0, 0.05) is 22.2 Å². The third-order valence-electron chi connectivity index (χ3n) is 4.22. The van der Waals surface area contributed by atoms with Crippen molar-refractivity contribution in [3.8, 4) is 0 Å². The highest BCUT2D eigenvalue weighted by Crippen LogP contribution is 2.35. The predicted molar refractivity (Wildman–Crippen MR) is 109 cm³/mol. The number of fused-ring (bicyclic) bond motifs is 2. The Balaban J connectivity index is 1.60. The molecule has 3 N–H and O–H groups in total. The summed E-state index contributed by atoms with van der Waals surface area (Å²) in [7, 11) is 0. The summed E-state index contributed by atoms with van der Waals surface area (Å²) in [5.74, 6) is -0.186. The molecule has 4 rings (SSSR count). The van der Waals surface area contributed by atoms with E-state index in [2.05, 4.69) is 20.8 Å². The summed E-state index contributed by atoms with van der Waals surface area (Å²) in [6, 6.07) is 11.1. The molecule has 1 aliphatic heterocycles. The predicted octanol–water partition coefficient (Wildman–Crippen LogP) is 4.40. The number of aromatic amines is 1. The molecule has 0 fully saturated rings. The van der Waals surface area contributed by atoms with Crippen LogP contribution in [0.25, 0.3) is 22.6 Å². The average Bonchev–Trinajstić information content (AvgIpc) is 3.17. The van der Waals surface area contributed by atoms with Gasteiger partial charge in [0.1, 0.15) is 5.60 Å². The zero-order valence-electron chi connectivity index (χ0n) is 15.8. The number of aromatic nitrogens is 2. The van der Waals surface area contributed by atoms with Crippen molar-refractivity contribution < 1.29 is 14.3 Å². The van der Waals surface area contributed by atoms with E-state index in [9.17, 15) is 9.59 Å². The lowest BCUT2D eigenvalue weighted by molar-refractivity contribution is -0.110. The van der Waals surface area contributed by atoms with Crippen LogP contribution >= 0.6 is 0 Å². The molecule has 2 aromatic carbocycles. The van der Waals surface area contributed by atoms with E-state index in [4.69, 9.17) is 4.74 Å². The summed E-state index contributed by atoms with van der Waals surface area (Å²) >= 11 is 0. The standard InChI is InChI=1S/C21H20N4O3/c1-21(2,3)28-20(27)23-14-6-7-15-16(19(26)24-18(15)10-14)8-12-4-5-13-11-22-25-17(13)9-12/h4-11H,1-3H3,(H,22,25)(H,23,27)(H,24,26)/b16-8-. The number of ether oxygens (including phenoxy) is 1. The molecular weight excluding hydrogens is 356 g/mol. The minimum absolute atomic E-state index is 0.186. The van der Waals surface area contributed by atoms with Gasteiger partial charge in [0.2, 0.25) is 0 Å². The molecule has 1 aromatic heterocycles. The number of H-pyrrole nitrogens is 1. The van der Waals surface area contributed by atoms with Crippen LogP contribution in [0.4, 0.5) is 16.2 Å². The van der Waals surface area contributed by atoms with E-state index in [1.807, 2.05) is 24.3 Å². The van der Waals surface area contributed by atoms with Crippen molar-refractivity contribution in [2.75, 3.05) is 10.6 Å². The van der Waals surface area contributed by atoms with Gasteiger partial charge in [-0.25, -0.2) is 4.79 Å². The SMILES string of the molecule is CC(C)(C)OC(=O)Nc1ccc2c(c1)NC(=O)/C2=C\c1ccc2cn[nH]c2c1. The van der Waals surface area contributed by atoms with Gasteiger partial charge in [-0.1, -0.05) is 18.2 Å². The lowest BCUT2D eigenvalue weighted by Gasteiger charge is -2.19. The number of rotatable bonds is 2. The van der Waals surface area contributed by atoms with Crippen molar-refractivity contribution in [3.63, 3.8) is 0 Å². The first kappa shape index (κ1) is 17.8. The lowest BCUT2D eigenvalue weighted by Crippen LogP contribution is -2.27. The molecular formula is C21H20N4O3. The van der Waals surface area contributed by atoms with Crippen molar-refractivity contribution in [3.05, 3.63) is 53.7 Å². The second-order valence-corrected chi connectivity index (χ2v) is 7.62. The van der Waals surface area contributed by atoms with Crippen molar-refractivity contribution in [1.82, 2.24) is 10.2 Å². The van der Waals surface area contributed by atoms with E-state index in [0.717, 1.165) is 22.0 Å². The van der Waals surface area contributed by atoms with Crippen molar-refractivity contribution in [1.29, 1.82) is 0 Å². The summed E-state index contributed by atoms with van der Waals surface area (Å²) in [6.07, 6.45) is 3.05. The first-order valence-electron chi connectivity index (χ1n) is 8.89. The number of benzene rings is 2. The molecule has 0 atom stereocenters.